The summed E-state index contributed by atoms with van der Waals surface area (Å²) in [5.41, 5.74) is 2.32. The summed E-state index contributed by atoms with van der Waals surface area (Å²) in [6, 6.07) is 4.51. The molecule has 0 amide bonds. The topological polar surface area (TPSA) is 78.0 Å². The zero-order chi connectivity index (χ0) is 15.7. The third-order valence-electron chi connectivity index (χ3n) is 3.30. The number of nitro groups is 1. The smallest absolute Gasteiger partial charge is 0.275 e. The minimum Gasteiger partial charge on any atom is -0.294 e. The maximum Gasteiger partial charge on any atom is 0.275 e. The van der Waals surface area contributed by atoms with E-state index in [1.54, 1.807) is 30.7 Å². The van der Waals surface area contributed by atoms with Crippen LogP contribution < -0.4 is 0 Å². The number of nitrogens with zero attached hydrogens (tertiary/aromatic N) is 3. The molecule has 1 heterocycles. The Bertz CT molecular complexity index is 737. The number of nitro benzene ring substituents is 1. The Kier molecular flexibility index (Phi) is 4.09. The number of benzene rings is 1. The highest BCUT2D eigenvalue weighted by molar-refractivity contribution is 6.30. The van der Waals surface area contributed by atoms with Crippen molar-refractivity contribution in [2.45, 2.75) is 27.3 Å². The molecular formula is C14H14ClN3O3. The van der Waals surface area contributed by atoms with Crippen LogP contribution in [-0.2, 0) is 6.54 Å². The second kappa shape index (κ2) is 5.65. The lowest BCUT2D eigenvalue weighted by Crippen LogP contribution is -2.07. The van der Waals surface area contributed by atoms with E-state index in [4.69, 9.17) is 11.6 Å². The number of rotatable bonds is 4. The van der Waals surface area contributed by atoms with Gasteiger partial charge in [0.05, 0.1) is 28.3 Å². The van der Waals surface area contributed by atoms with Crippen LogP contribution in [0.15, 0.2) is 18.2 Å². The van der Waals surface area contributed by atoms with Gasteiger partial charge in [-0.2, -0.15) is 5.10 Å². The highest BCUT2D eigenvalue weighted by Gasteiger charge is 2.19. The fourth-order valence-electron chi connectivity index (χ4n) is 2.36. The number of hydrogen-bond donors (Lipinski definition) is 0. The van der Waals surface area contributed by atoms with Crippen molar-refractivity contribution in [1.82, 2.24) is 9.78 Å². The molecule has 1 aromatic heterocycles. The predicted octanol–water partition coefficient (Wildman–Crippen LogP) is 3.31. The molecule has 0 atom stereocenters. The van der Waals surface area contributed by atoms with Crippen LogP contribution in [0.5, 0.6) is 0 Å². The van der Waals surface area contributed by atoms with Gasteiger partial charge in [-0.3, -0.25) is 19.6 Å². The van der Waals surface area contributed by atoms with E-state index in [0.717, 1.165) is 0 Å². The molecule has 0 bridgehead atoms. The van der Waals surface area contributed by atoms with E-state index in [2.05, 4.69) is 5.10 Å². The van der Waals surface area contributed by atoms with Crippen LogP contribution in [0.1, 0.15) is 34.2 Å². The van der Waals surface area contributed by atoms with Gasteiger partial charge in [0.1, 0.15) is 0 Å². The van der Waals surface area contributed by atoms with Gasteiger partial charge in [0.25, 0.3) is 5.69 Å². The number of carbonyl (C=O) groups excluding carboxylic acids is 1. The van der Waals surface area contributed by atoms with E-state index in [1.807, 2.05) is 0 Å². The molecule has 2 rings (SSSR count). The highest BCUT2D eigenvalue weighted by atomic mass is 35.5. The lowest BCUT2D eigenvalue weighted by molar-refractivity contribution is -0.385. The first kappa shape index (κ1) is 15.2. The van der Waals surface area contributed by atoms with Crippen molar-refractivity contribution in [2.75, 3.05) is 0 Å². The van der Waals surface area contributed by atoms with Crippen LogP contribution in [0.4, 0.5) is 5.69 Å². The van der Waals surface area contributed by atoms with Gasteiger partial charge in [-0.1, -0.05) is 11.6 Å². The Morgan fingerprint density at radius 3 is 2.62 bits per heavy atom. The molecule has 0 radical (unpaired) electrons. The molecule has 0 N–H and O–H groups in total. The molecule has 0 unspecified atom stereocenters. The summed E-state index contributed by atoms with van der Waals surface area (Å²) < 4.78 is 1.60. The van der Waals surface area contributed by atoms with Crippen LogP contribution in [0.2, 0.25) is 5.02 Å². The van der Waals surface area contributed by atoms with E-state index in [0.29, 0.717) is 27.5 Å². The van der Waals surface area contributed by atoms with Crippen molar-refractivity contribution in [3.8, 4) is 0 Å². The molecule has 0 aliphatic heterocycles. The summed E-state index contributed by atoms with van der Waals surface area (Å²) in [6.45, 7) is 5.22. The number of aryl methyl sites for hydroxylation is 1. The minimum absolute atomic E-state index is 0.0561. The van der Waals surface area contributed by atoms with Gasteiger partial charge in [-0.05, 0) is 32.9 Å². The van der Waals surface area contributed by atoms with Crippen LogP contribution in [0, 0.1) is 24.0 Å². The Labute approximate surface area is 126 Å². The molecule has 0 aliphatic rings. The van der Waals surface area contributed by atoms with Gasteiger partial charge >= 0.3 is 0 Å². The molecule has 21 heavy (non-hydrogen) atoms. The summed E-state index contributed by atoms with van der Waals surface area (Å²) in [5, 5.41) is 15.7. The predicted molar refractivity (Wildman–Crippen MR) is 78.9 cm³/mol. The molecule has 6 nitrogen and oxygen atoms in total. The molecule has 7 heteroatoms. The molecular weight excluding hydrogens is 294 g/mol. The third kappa shape index (κ3) is 2.95. The second-order valence-electron chi connectivity index (χ2n) is 4.79. The van der Waals surface area contributed by atoms with Crippen molar-refractivity contribution in [3.05, 3.63) is 55.9 Å². The van der Waals surface area contributed by atoms with Gasteiger partial charge in [0.15, 0.2) is 5.78 Å². The SMILES string of the molecule is CC(=O)c1c(C)nn(Cc2ccc(Cl)cc2[N+](=O)[O-])c1C. The Balaban J connectivity index is 2.46. The molecule has 0 fully saturated rings. The van der Waals surface area contributed by atoms with Gasteiger partial charge < -0.3 is 0 Å². The van der Waals surface area contributed by atoms with Crippen molar-refractivity contribution < 1.29 is 9.72 Å². The lowest BCUT2D eigenvalue weighted by atomic mass is 10.1. The normalized spacial score (nSPS) is 10.7. The molecule has 0 saturated carbocycles. The maximum atomic E-state index is 11.6. The molecule has 110 valence electrons. The number of carbonyl (C=O) groups is 1. The summed E-state index contributed by atoms with van der Waals surface area (Å²) in [6.07, 6.45) is 0. The zero-order valence-electron chi connectivity index (χ0n) is 11.9. The molecule has 0 saturated heterocycles. The zero-order valence-corrected chi connectivity index (χ0v) is 12.6. The number of Topliss-reactive ketones (excluding diaryl/α,β-unsaturated/α-hetero) is 1. The molecule has 1 aromatic carbocycles. The third-order valence-corrected chi connectivity index (χ3v) is 3.53. The number of ketones is 1. The Morgan fingerprint density at radius 2 is 2.10 bits per heavy atom. The van der Waals surface area contributed by atoms with Crippen molar-refractivity contribution in [3.63, 3.8) is 0 Å². The summed E-state index contributed by atoms with van der Waals surface area (Å²) in [5.74, 6) is -0.0677. The fraction of sp³-hybridized carbons (Fsp3) is 0.286. The van der Waals surface area contributed by atoms with Crippen LogP contribution in [0.25, 0.3) is 0 Å². The van der Waals surface area contributed by atoms with E-state index >= 15 is 0 Å². The average Bonchev–Trinajstić information content (AvgIpc) is 2.66. The minimum atomic E-state index is -0.473. The van der Waals surface area contributed by atoms with Crippen molar-refractivity contribution >= 4 is 23.1 Å². The lowest BCUT2D eigenvalue weighted by Gasteiger charge is -2.06. The number of hydrogen-bond acceptors (Lipinski definition) is 4. The van der Waals surface area contributed by atoms with Gasteiger partial charge in [-0.25, -0.2) is 0 Å². The average molecular weight is 308 g/mol. The number of halogens is 1. The summed E-state index contributed by atoms with van der Waals surface area (Å²) >= 11 is 5.79. The largest absolute Gasteiger partial charge is 0.294 e. The van der Waals surface area contributed by atoms with Crippen molar-refractivity contribution in [1.29, 1.82) is 0 Å². The van der Waals surface area contributed by atoms with Crippen LogP contribution in [0.3, 0.4) is 0 Å². The van der Waals surface area contributed by atoms with Crippen LogP contribution >= 0.6 is 11.6 Å². The summed E-state index contributed by atoms with van der Waals surface area (Å²) in [7, 11) is 0. The van der Waals surface area contributed by atoms with E-state index in [1.165, 1.54) is 13.0 Å². The van der Waals surface area contributed by atoms with E-state index in [9.17, 15) is 14.9 Å². The standard InChI is InChI=1S/C14H14ClN3O3/c1-8-14(10(3)19)9(2)17(16-8)7-11-4-5-12(15)6-13(11)18(20)21/h4-6H,7H2,1-3H3. The maximum absolute atomic E-state index is 11.6. The van der Waals surface area contributed by atoms with E-state index in [-0.39, 0.29) is 18.0 Å². The first-order chi connectivity index (χ1) is 9.81. The Hall–Kier alpha value is -2.21. The van der Waals surface area contributed by atoms with Crippen molar-refractivity contribution in [2.24, 2.45) is 0 Å². The monoisotopic (exact) mass is 307 g/mol. The van der Waals surface area contributed by atoms with Gasteiger partial charge in [0.2, 0.25) is 0 Å². The fourth-order valence-corrected chi connectivity index (χ4v) is 2.53. The highest BCUT2D eigenvalue weighted by Crippen LogP contribution is 2.25. The summed E-state index contributed by atoms with van der Waals surface area (Å²) in [4.78, 5) is 22.2. The Morgan fingerprint density at radius 1 is 1.43 bits per heavy atom. The quantitative estimate of drug-likeness (QED) is 0.493. The first-order valence-electron chi connectivity index (χ1n) is 6.29. The molecule has 2 aromatic rings. The van der Waals surface area contributed by atoms with Crippen LogP contribution in [-0.4, -0.2) is 20.5 Å². The van der Waals surface area contributed by atoms with E-state index < -0.39 is 4.92 Å². The first-order valence-corrected chi connectivity index (χ1v) is 6.66. The second-order valence-corrected chi connectivity index (χ2v) is 5.23. The number of aromatic nitrogens is 2. The van der Waals surface area contributed by atoms with Gasteiger partial charge in [0, 0.05) is 16.8 Å². The molecule has 0 aliphatic carbocycles. The molecule has 0 spiro atoms. The van der Waals surface area contributed by atoms with Gasteiger partial charge in [-0.15, -0.1) is 0 Å².